The number of aromatic nitrogens is 1. The van der Waals surface area contributed by atoms with Gasteiger partial charge in [-0.15, -0.1) is 0 Å². The van der Waals surface area contributed by atoms with Crippen molar-refractivity contribution in [3.05, 3.63) is 90.3 Å². The Hall–Kier alpha value is -4.39. The van der Waals surface area contributed by atoms with Crippen molar-refractivity contribution in [3.63, 3.8) is 0 Å². The van der Waals surface area contributed by atoms with Gasteiger partial charge in [0.1, 0.15) is 35.9 Å². The largest absolute Gasteiger partial charge is 0.490 e. The van der Waals surface area contributed by atoms with Gasteiger partial charge in [0.2, 0.25) is 0 Å². The number of carbonyl (C=O) groups is 2. The van der Waals surface area contributed by atoms with Crippen molar-refractivity contribution in [2.75, 3.05) is 26.3 Å². The van der Waals surface area contributed by atoms with Gasteiger partial charge >= 0.3 is 12.2 Å². The third-order valence-electron chi connectivity index (χ3n) is 6.97. The van der Waals surface area contributed by atoms with Gasteiger partial charge in [-0.3, -0.25) is 4.98 Å². The first-order valence-corrected chi connectivity index (χ1v) is 16.5. The van der Waals surface area contributed by atoms with E-state index in [1.54, 1.807) is 60.0 Å². The quantitative estimate of drug-likeness (QED) is 0.129. The van der Waals surface area contributed by atoms with Crippen molar-refractivity contribution in [1.29, 1.82) is 0 Å². The lowest BCUT2D eigenvalue weighted by atomic mass is 10.00. The Kier molecular flexibility index (Phi) is 15.1. The second-order valence-corrected chi connectivity index (χ2v) is 13.7. The molecule has 2 aromatic carbocycles. The molecule has 0 saturated carbocycles. The van der Waals surface area contributed by atoms with E-state index in [1.807, 2.05) is 60.7 Å². The van der Waals surface area contributed by atoms with Gasteiger partial charge in [0.15, 0.2) is 0 Å². The fourth-order valence-corrected chi connectivity index (χ4v) is 4.74. The smallest absolute Gasteiger partial charge is 0.407 e. The average molecular weight is 681 g/mol. The number of alkyl carbamates (subject to hydrolysis) is 2. The lowest BCUT2D eigenvalue weighted by Gasteiger charge is -2.29. The lowest BCUT2D eigenvalue weighted by molar-refractivity contribution is 0.0399. The summed E-state index contributed by atoms with van der Waals surface area (Å²) in [4.78, 5) is 29.3. The van der Waals surface area contributed by atoms with Gasteiger partial charge in [-0.25, -0.2) is 9.59 Å². The summed E-state index contributed by atoms with van der Waals surface area (Å²) in [6, 6.07) is 19.1. The van der Waals surface area contributed by atoms with Crippen molar-refractivity contribution >= 4 is 12.2 Å². The van der Waals surface area contributed by atoms with Gasteiger partial charge in [-0.1, -0.05) is 42.5 Å². The average Bonchev–Trinajstić information content (AvgIpc) is 3.02. The van der Waals surface area contributed by atoms with Crippen LogP contribution in [0.2, 0.25) is 0 Å². The number of carbonyl (C=O) groups excluding carboxylic acids is 2. The summed E-state index contributed by atoms with van der Waals surface area (Å²) in [5.41, 5.74) is 0.354. The minimum Gasteiger partial charge on any atom is -0.490 e. The molecule has 2 amide bonds. The topological polar surface area (TPSA) is 160 Å². The Balaban J connectivity index is 1.59. The minimum absolute atomic E-state index is 0.0418. The first-order valence-electron chi connectivity index (χ1n) is 16.5. The SMILES string of the molecule is CC(C)(C)OC(=O)N[C@@H](Cc1ccc(OCCOc2cccnc2)cc1)C(O)CNC[C@@H](O)[C@H](Cc1ccccc1)NC(=O)OC(C)(C)C. The molecule has 0 saturated heterocycles. The van der Waals surface area contributed by atoms with Crippen molar-refractivity contribution in [1.82, 2.24) is 20.9 Å². The number of pyridine rings is 1. The van der Waals surface area contributed by atoms with E-state index in [0.29, 0.717) is 37.6 Å². The first kappa shape index (κ1) is 39.1. The van der Waals surface area contributed by atoms with Gasteiger partial charge in [0, 0.05) is 19.3 Å². The van der Waals surface area contributed by atoms with E-state index in [9.17, 15) is 19.8 Å². The molecule has 49 heavy (non-hydrogen) atoms. The van der Waals surface area contributed by atoms with Gasteiger partial charge in [0.25, 0.3) is 0 Å². The van der Waals surface area contributed by atoms with Crippen LogP contribution in [-0.4, -0.2) is 89.2 Å². The third kappa shape index (κ3) is 16.0. The van der Waals surface area contributed by atoms with Crippen LogP contribution in [0, 0.1) is 0 Å². The van der Waals surface area contributed by atoms with Crippen LogP contribution in [0.5, 0.6) is 11.5 Å². The molecule has 1 heterocycles. The molecule has 268 valence electrons. The minimum atomic E-state index is -1.05. The summed E-state index contributed by atoms with van der Waals surface area (Å²) in [5, 5.41) is 31.0. The summed E-state index contributed by atoms with van der Waals surface area (Å²) in [7, 11) is 0. The molecule has 12 nitrogen and oxygen atoms in total. The molecular formula is C37H52N4O8. The maximum Gasteiger partial charge on any atom is 0.407 e. The molecule has 4 atom stereocenters. The summed E-state index contributed by atoms with van der Waals surface area (Å²) < 4.78 is 22.3. The van der Waals surface area contributed by atoms with Crippen molar-refractivity contribution in [2.45, 2.75) is 89.9 Å². The predicted octanol–water partition coefficient (Wildman–Crippen LogP) is 4.42. The number of ether oxygens (including phenoxy) is 4. The van der Waals surface area contributed by atoms with Crippen LogP contribution in [0.1, 0.15) is 52.7 Å². The monoisotopic (exact) mass is 680 g/mol. The Morgan fingerprint density at radius 2 is 1.16 bits per heavy atom. The Labute approximate surface area is 289 Å². The maximum absolute atomic E-state index is 12.7. The number of nitrogens with zero attached hydrogens (tertiary/aromatic N) is 1. The van der Waals surface area contributed by atoms with E-state index in [0.717, 1.165) is 11.1 Å². The number of rotatable bonds is 17. The zero-order valence-corrected chi connectivity index (χ0v) is 29.3. The number of nitrogens with one attached hydrogen (secondary N) is 3. The van der Waals surface area contributed by atoms with Crippen LogP contribution in [0.4, 0.5) is 9.59 Å². The highest BCUT2D eigenvalue weighted by atomic mass is 16.6. The van der Waals surface area contributed by atoms with E-state index in [4.69, 9.17) is 18.9 Å². The van der Waals surface area contributed by atoms with E-state index >= 15 is 0 Å². The molecule has 5 N–H and O–H groups in total. The highest BCUT2D eigenvalue weighted by Crippen LogP contribution is 2.16. The molecule has 0 aliphatic rings. The second-order valence-electron chi connectivity index (χ2n) is 13.7. The fraction of sp³-hybridized carbons (Fsp3) is 0.486. The van der Waals surface area contributed by atoms with Crippen LogP contribution in [0.15, 0.2) is 79.1 Å². The molecule has 0 fully saturated rings. The van der Waals surface area contributed by atoms with E-state index < -0.39 is 47.7 Å². The molecule has 0 aliphatic heterocycles. The molecule has 0 aliphatic carbocycles. The summed E-state index contributed by atoms with van der Waals surface area (Å²) in [6.45, 7) is 11.4. The van der Waals surface area contributed by atoms with Crippen molar-refractivity contribution < 1.29 is 38.7 Å². The predicted molar refractivity (Wildman–Crippen MR) is 187 cm³/mol. The Morgan fingerprint density at radius 1 is 0.673 bits per heavy atom. The number of benzene rings is 2. The van der Waals surface area contributed by atoms with Crippen LogP contribution < -0.4 is 25.4 Å². The Morgan fingerprint density at radius 3 is 1.63 bits per heavy atom. The van der Waals surface area contributed by atoms with E-state index in [1.165, 1.54) is 0 Å². The van der Waals surface area contributed by atoms with E-state index in [2.05, 4.69) is 20.9 Å². The van der Waals surface area contributed by atoms with Crippen molar-refractivity contribution in [2.24, 2.45) is 0 Å². The van der Waals surface area contributed by atoms with E-state index in [-0.39, 0.29) is 13.1 Å². The third-order valence-corrected chi connectivity index (χ3v) is 6.97. The van der Waals surface area contributed by atoms with Gasteiger partial charge in [-0.2, -0.15) is 0 Å². The molecule has 0 spiro atoms. The van der Waals surface area contributed by atoms with Crippen LogP contribution in [0.25, 0.3) is 0 Å². The molecule has 0 radical (unpaired) electrons. The lowest BCUT2D eigenvalue weighted by Crippen LogP contribution is -2.53. The summed E-state index contributed by atoms with van der Waals surface area (Å²) in [5.74, 6) is 1.31. The normalized spacial score (nSPS) is 14.1. The molecule has 3 aromatic rings. The molecule has 3 rings (SSSR count). The van der Waals surface area contributed by atoms with Crippen LogP contribution >= 0.6 is 0 Å². The van der Waals surface area contributed by atoms with Crippen LogP contribution in [0.3, 0.4) is 0 Å². The maximum atomic E-state index is 12.7. The number of hydrogen-bond acceptors (Lipinski definition) is 10. The van der Waals surface area contributed by atoms with Gasteiger partial charge < -0.3 is 45.1 Å². The molecule has 0 bridgehead atoms. The van der Waals surface area contributed by atoms with Crippen molar-refractivity contribution in [3.8, 4) is 11.5 Å². The highest BCUT2D eigenvalue weighted by molar-refractivity contribution is 5.68. The molecule has 1 unspecified atom stereocenters. The first-order chi connectivity index (χ1) is 23.2. The second kappa shape index (κ2) is 19.0. The highest BCUT2D eigenvalue weighted by Gasteiger charge is 2.28. The summed E-state index contributed by atoms with van der Waals surface area (Å²) >= 11 is 0. The fourth-order valence-electron chi connectivity index (χ4n) is 4.74. The molecular weight excluding hydrogens is 628 g/mol. The van der Waals surface area contributed by atoms with Crippen LogP contribution in [-0.2, 0) is 22.3 Å². The van der Waals surface area contributed by atoms with Gasteiger partial charge in [-0.05, 0) is 89.8 Å². The van der Waals surface area contributed by atoms with Gasteiger partial charge in [0.05, 0.1) is 30.5 Å². The number of amides is 2. The number of aliphatic hydroxyl groups is 2. The zero-order valence-electron chi connectivity index (χ0n) is 29.3. The number of aliphatic hydroxyl groups excluding tert-OH is 2. The molecule has 12 heteroatoms. The Bertz CT molecular complexity index is 1400. The summed E-state index contributed by atoms with van der Waals surface area (Å²) in [6.07, 6.45) is 0.618. The number of hydrogen-bond donors (Lipinski definition) is 5. The molecule has 1 aromatic heterocycles. The zero-order chi connectivity index (χ0) is 35.9. The standard InChI is InChI=1S/C37H52N4O8/c1-36(2,3)48-34(44)40-30(21-26-11-8-7-9-12-26)32(42)24-39-25-33(43)31(41-35(45)49-37(4,5)6)22-27-14-16-28(17-15-27)46-19-20-47-29-13-10-18-38-23-29/h7-18,23,30-33,39,42-43H,19-22,24-25H2,1-6H3,(H,40,44)(H,41,45)/t30-,31-,32+,33?/m0/s1.